The number of hydrogen-bond donors (Lipinski definition) is 1. The Labute approximate surface area is 128 Å². The number of amides is 1. The molecule has 1 N–H and O–H groups in total. The van der Waals surface area contributed by atoms with Gasteiger partial charge in [0.15, 0.2) is 0 Å². The van der Waals surface area contributed by atoms with E-state index in [9.17, 15) is 4.79 Å². The molecule has 1 amide bonds. The van der Waals surface area contributed by atoms with Gasteiger partial charge in [-0.05, 0) is 58.5 Å². The van der Waals surface area contributed by atoms with Crippen LogP contribution in [0.15, 0.2) is 18.2 Å². The Morgan fingerprint density at radius 2 is 2.05 bits per heavy atom. The number of carbonyl (C=O) groups excluding carboxylic acids is 1. The summed E-state index contributed by atoms with van der Waals surface area (Å²) in [4.78, 5) is 17.1. The first-order chi connectivity index (χ1) is 9.85. The number of benzene rings is 1. The molecular weight excluding hydrogens is 262 g/mol. The maximum absolute atomic E-state index is 12.8. The molecule has 0 saturated carbocycles. The van der Waals surface area contributed by atoms with E-state index >= 15 is 0 Å². The highest BCUT2D eigenvalue weighted by Gasteiger charge is 2.33. The Morgan fingerprint density at radius 1 is 1.33 bits per heavy atom. The zero-order valence-corrected chi connectivity index (χ0v) is 13.9. The first-order valence-electron chi connectivity index (χ1n) is 7.70. The number of piperazine rings is 1. The summed E-state index contributed by atoms with van der Waals surface area (Å²) in [6.07, 6.45) is 0. The van der Waals surface area contributed by atoms with E-state index in [0.717, 1.165) is 43.0 Å². The Kier molecular flexibility index (Phi) is 4.57. The topological polar surface area (TPSA) is 35.6 Å². The third-order valence-corrected chi connectivity index (χ3v) is 4.44. The molecule has 4 nitrogen and oxygen atoms in total. The zero-order valence-electron chi connectivity index (χ0n) is 13.9. The molecule has 0 aromatic heterocycles. The highest BCUT2D eigenvalue weighted by molar-refractivity contribution is 5.96. The molecule has 1 aromatic carbocycles. The Morgan fingerprint density at radius 3 is 2.62 bits per heavy atom. The second-order valence-corrected chi connectivity index (χ2v) is 6.52. The van der Waals surface area contributed by atoms with Crippen LogP contribution in [0.25, 0.3) is 0 Å². The van der Waals surface area contributed by atoms with E-state index in [2.05, 4.69) is 44.1 Å². The third kappa shape index (κ3) is 3.38. The van der Waals surface area contributed by atoms with Crippen molar-refractivity contribution >= 4 is 11.6 Å². The van der Waals surface area contributed by atoms with Gasteiger partial charge in [0.05, 0.1) is 0 Å². The van der Waals surface area contributed by atoms with Crippen molar-refractivity contribution in [1.29, 1.82) is 0 Å². The van der Waals surface area contributed by atoms with Gasteiger partial charge in [0.2, 0.25) is 0 Å². The Hall–Kier alpha value is -1.55. The number of nitrogens with one attached hydrogen (secondary N) is 1. The molecule has 0 spiro atoms. The van der Waals surface area contributed by atoms with Crippen LogP contribution in [0.3, 0.4) is 0 Å². The number of likely N-dealkylation sites (N-methyl/N-ethyl adjacent to an activating group) is 1. The van der Waals surface area contributed by atoms with Crippen LogP contribution >= 0.6 is 0 Å². The molecule has 0 bridgehead atoms. The Balaban J connectivity index is 2.17. The monoisotopic (exact) mass is 289 g/mol. The Bertz CT molecular complexity index is 525. The molecule has 1 aliphatic rings. The summed E-state index contributed by atoms with van der Waals surface area (Å²) in [5.41, 5.74) is 2.96. The third-order valence-electron chi connectivity index (χ3n) is 4.44. The molecule has 0 radical (unpaired) electrons. The van der Waals surface area contributed by atoms with E-state index in [1.54, 1.807) is 0 Å². The SMILES string of the molecule is CCNc1ccc(C(=O)N2CCN(C)C(C)(C)C2)c(C)c1. The van der Waals surface area contributed by atoms with Crippen LogP contribution in [0.4, 0.5) is 5.69 Å². The molecule has 21 heavy (non-hydrogen) atoms. The predicted molar refractivity (Wildman–Crippen MR) is 88.0 cm³/mol. The first kappa shape index (κ1) is 15.8. The largest absolute Gasteiger partial charge is 0.385 e. The number of carbonyl (C=O) groups is 1. The van der Waals surface area contributed by atoms with Gasteiger partial charge in [-0.15, -0.1) is 0 Å². The van der Waals surface area contributed by atoms with Gasteiger partial charge < -0.3 is 10.2 Å². The van der Waals surface area contributed by atoms with Crippen molar-refractivity contribution in [3.8, 4) is 0 Å². The van der Waals surface area contributed by atoms with Crippen LogP contribution < -0.4 is 5.32 Å². The fourth-order valence-corrected chi connectivity index (χ4v) is 2.80. The summed E-state index contributed by atoms with van der Waals surface area (Å²) in [6, 6.07) is 5.99. The molecule has 0 unspecified atom stereocenters. The van der Waals surface area contributed by atoms with Gasteiger partial charge in [0, 0.05) is 43.0 Å². The molecule has 1 fully saturated rings. The minimum atomic E-state index is 0.0333. The lowest BCUT2D eigenvalue weighted by Gasteiger charge is -2.45. The molecule has 1 aliphatic heterocycles. The van der Waals surface area contributed by atoms with E-state index < -0.39 is 0 Å². The number of hydrogen-bond acceptors (Lipinski definition) is 3. The summed E-state index contributed by atoms with van der Waals surface area (Å²) in [5.74, 6) is 0.150. The summed E-state index contributed by atoms with van der Waals surface area (Å²) >= 11 is 0. The highest BCUT2D eigenvalue weighted by atomic mass is 16.2. The van der Waals surface area contributed by atoms with E-state index in [1.807, 2.05) is 24.0 Å². The molecule has 4 heteroatoms. The smallest absolute Gasteiger partial charge is 0.254 e. The van der Waals surface area contributed by atoms with E-state index in [-0.39, 0.29) is 11.4 Å². The summed E-state index contributed by atoms with van der Waals surface area (Å²) in [6.45, 7) is 11.8. The number of anilines is 1. The lowest BCUT2D eigenvalue weighted by atomic mass is 9.98. The van der Waals surface area contributed by atoms with Crippen molar-refractivity contribution in [3.05, 3.63) is 29.3 Å². The van der Waals surface area contributed by atoms with Crippen LogP contribution in [-0.2, 0) is 0 Å². The van der Waals surface area contributed by atoms with Crippen molar-refractivity contribution in [3.63, 3.8) is 0 Å². The summed E-state index contributed by atoms with van der Waals surface area (Å²) in [5, 5.41) is 3.28. The lowest BCUT2D eigenvalue weighted by Crippen LogP contribution is -2.58. The van der Waals surface area contributed by atoms with Crippen LogP contribution in [0.2, 0.25) is 0 Å². The van der Waals surface area contributed by atoms with E-state index in [0.29, 0.717) is 0 Å². The normalized spacial score (nSPS) is 18.6. The lowest BCUT2D eigenvalue weighted by molar-refractivity contribution is 0.0311. The first-order valence-corrected chi connectivity index (χ1v) is 7.70. The summed E-state index contributed by atoms with van der Waals surface area (Å²) < 4.78 is 0. The van der Waals surface area contributed by atoms with Gasteiger partial charge in [0.1, 0.15) is 0 Å². The summed E-state index contributed by atoms with van der Waals surface area (Å²) in [7, 11) is 2.12. The van der Waals surface area contributed by atoms with Crippen LogP contribution in [-0.4, -0.2) is 54.5 Å². The van der Waals surface area contributed by atoms with Crippen LogP contribution in [0.5, 0.6) is 0 Å². The second kappa shape index (κ2) is 6.06. The molecule has 1 aromatic rings. The second-order valence-electron chi connectivity index (χ2n) is 6.52. The molecule has 0 aliphatic carbocycles. The van der Waals surface area contributed by atoms with Gasteiger partial charge >= 0.3 is 0 Å². The quantitative estimate of drug-likeness (QED) is 0.929. The van der Waals surface area contributed by atoms with Gasteiger partial charge in [-0.2, -0.15) is 0 Å². The molecule has 2 rings (SSSR count). The average molecular weight is 289 g/mol. The van der Waals surface area contributed by atoms with E-state index in [4.69, 9.17) is 0 Å². The molecule has 1 saturated heterocycles. The van der Waals surface area contributed by atoms with Gasteiger partial charge in [-0.25, -0.2) is 0 Å². The fraction of sp³-hybridized carbons (Fsp3) is 0.588. The molecule has 116 valence electrons. The highest BCUT2D eigenvalue weighted by Crippen LogP contribution is 2.22. The minimum absolute atomic E-state index is 0.0333. The maximum atomic E-state index is 12.8. The van der Waals surface area contributed by atoms with Crippen molar-refractivity contribution in [2.24, 2.45) is 0 Å². The van der Waals surface area contributed by atoms with Crippen molar-refractivity contribution in [2.75, 3.05) is 38.5 Å². The average Bonchev–Trinajstić information content (AvgIpc) is 2.41. The maximum Gasteiger partial charge on any atom is 0.254 e. The van der Waals surface area contributed by atoms with Crippen LogP contribution in [0, 0.1) is 6.92 Å². The molecule has 0 atom stereocenters. The predicted octanol–water partition coefficient (Wildman–Crippen LogP) is 2.59. The van der Waals surface area contributed by atoms with Gasteiger partial charge in [-0.3, -0.25) is 9.69 Å². The van der Waals surface area contributed by atoms with Gasteiger partial charge in [0.25, 0.3) is 5.91 Å². The standard InChI is InChI=1S/C17H27N3O/c1-6-18-14-7-8-15(13(2)11-14)16(21)20-10-9-19(5)17(3,4)12-20/h7-8,11,18H,6,9-10,12H2,1-5H3. The zero-order chi connectivity index (χ0) is 15.6. The molecule has 1 heterocycles. The van der Waals surface area contributed by atoms with Gasteiger partial charge in [-0.1, -0.05) is 0 Å². The van der Waals surface area contributed by atoms with Crippen molar-refractivity contribution in [2.45, 2.75) is 33.2 Å². The van der Waals surface area contributed by atoms with Crippen LogP contribution in [0.1, 0.15) is 36.7 Å². The van der Waals surface area contributed by atoms with Crippen molar-refractivity contribution in [1.82, 2.24) is 9.80 Å². The van der Waals surface area contributed by atoms with Crippen molar-refractivity contribution < 1.29 is 4.79 Å². The van der Waals surface area contributed by atoms with E-state index in [1.165, 1.54) is 0 Å². The number of nitrogens with zero attached hydrogens (tertiary/aromatic N) is 2. The fourth-order valence-electron chi connectivity index (χ4n) is 2.80. The minimum Gasteiger partial charge on any atom is -0.385 e. The number of rotatable bonds is 3. The number of aryl methyl sites for hydroxylation is 1. The molecular formula is C17H27N3O.